The van der Waals surface area contributed by atoms with Crippen molar-refractivity contribution in [1.29, 1.82) is 0 Å². The van der Waals surface area contributed by atoms with Crippen LogP contribution in [0.2, 0.25) is 0 Å². The van der Waals surface area contributed by atoms with E-state index in [4.69, 9.17) is 10.5 Å². The lowest BCUT2D eigenvalue weighted by atomic mass is 10.2. The first-order chi connectivity index (χ1) is 9.56. The van der Waals surface area contributed by atoms with Gasteiger partial charge in [0.1, 0.15) is 0 Å². The molecule has 1 aromatic heterocycles. The van der Waals surface area contributed by atoms with E-state index in [0.717, 1.165) is 16.9 Å². The molecule has 20 heavy (non-hydrogen) atoms. The lowest BCUT2D eigenvalue weighted by molar-refractivity contribution is 0.230. The Hall–Kier alpha value is -2.23. The Kier molecular flexibility index (Phi) is 4.45. The minimum absolute atomic E-state index is 0.104. The molecule has 0 bridgehead atoms. The van der Waals surface area contributed by atoms with Gasteiger partial charge in [-0.3, -0.25) is 0 Å². The van der Waals surface area contributed by atoms with Crippen LogP contribution in [0.4, 0.5) is 11.4 Å². The molecule has 4 nitrogen and oxygen atoms in total. The van der Waals surface area contributed by atoms with Crippen LogP contribution in [0, 0.1) is 6.92 Å². The van der Waals surface area contributed by atoms with Gasteiger partial charge in [-0.05, 0) is 44.5 Å². The van der Waals surface area contributed by atoms with Gasteiger partial charge in [0.05, 0.1) is 17.5 Å². The van der Waals surface area contributed by atoms with Crippen molar-refractivity contribution < 1.29 is 4.74 Å². The third-order valence-corrected chi connectivity index (χ3v) is 2.88. The van der Waals surface area contributed by atoms with Gasteiger partial charge in [-0.25, -0.2) is 4.98 Å². The smallest absolute Gasteiger partial charge is 0.218 e. The van der Waals surface area contributed by atoms with Gasteiger partial charge < -0.3 is 15.8 Å². The van der Waals surface area contributed by atoms with E-state index in [1.54, 1.807) is 6.20 Å². The Bertz CT molecular complexity index is 582. The largest absolute Gasteiger partial charge is 0.475 e. The van der Waals surface area contributed by atoms with E-state index in [2.05, 4.69) is 10.3 Å². The number of pyridine rings is 1. The molecule has 1 heterocycles. The van der Waals surface area contributed by atoms with Crippen molar-refractivity contribution >= 4 is 11.4 Å². The summed E-state index contributed by atoms with van der Waals surface area (Å²) in [5.41, 5.74) is 9.83. The van der Waals surface area contributed by atoms with Crippen LogP contribution in [0.5, 0.6) is 5.88 Å². The van der Waals surface area contributed by atoms with E-state index in [1.165, 1.54) is 5.56 Å². The maximum atomic E-state index is 5.96. The number of ether oxygens (including phenoxy) is 1. The number of hydrogen-bond acceptors (Lipinski definition) is 4. The Morgan fingerprint density at radius 1 is 1.30 bits per heavy atom. The van der Waals surface area contributed by atoms with Crippen LogP contribution >= 0.6 is 0 Å². The van der Waals surface area contributed by atoms with Crippen molar-refractivity contribution in [3.05, 3.63) is 47.7 Å². The fourth-order valence-electron chi connectivity index (χ4n) is 1.90. The van der Waals surface area contributed by atoms with E-state index in [1.807, 2.05) is 51.1 Å². The summed E-state index contributed by atoms with van der Waals surface area (Å²) in [7, 11) is 0. The maximum absolute atomic E-state index is 5.96. The van der Waals surface area contributed by atoms with Gasteiger partial charge in [0.25, 0.3) is 0 Å². The quantitative estimate of drug-likeness (QED) is 0.818. The number of benzene rings is 1. The summed E-state index contributed by atoms with van der Waals surface area (Å²) in [5, 5.41) is 3.34. The molecule has 0 amide bonds. The number of nitrogens with two attached hydrogens (primary N) is 1. The van der Waals surface area contributed by atoms with Gasteiger partial charge in [0, 0.05) is 18.3 Å². The fourth-order valence-corrected chi connectivity index (χ4v) is 1.90. The van der Waals surface area contributed by atoms with Crippen LogP contribution < -0.4 is 15.8 Å². The average Bonchev–Trinajstić information content (AvgIpc) is 2.41. The Balaban J connectivity index is 2.12. The second-order valence-electron chi connectivity index (χ2n) is 5.08. The molecule has 0 radical (unpaired) electrons. The van der Waals surface area contributed by atoms with Crippen LogP contribution in [-0.4, -0.2) is 11.1 Å². The monoisotopic (exact) mass is 271 g/mol. The molecule has 0 unspecified atom stereocenters. The summed E-state index contributed by atoms with van der Waals surface area (Å²) < 4.78 is 5.71. The molecule has 0 fully saturated rings. The zero-order valence-electron chi connectivity index (χ0n) is 12.2. The minimum atomic E-state index is 0.104. The maximum Gasteiger partial charge on any atom is 0.218 e. The highest BCUT2D eigenvalue weighted by molar-refractivity contribution is 5.67. The van der Waals surface area contributed by atoms with Crippen molar-refractivity contribution in [2.24, 2.45) is 0 Å². The third kappa shape index (κ3) is 3.63. The number of nitrogen functional groups attached to an aromatic ring is 1. The van der Waals surface area contributed by atoms with Gasteiger partial charge in [0.2, 0.25) is 5.88 Å². The Morgan fingerprint density at radius 2 is 2.10 bits per heavy atom. The lowest BCUT2D eigenvalue weighted by Gasteiger charge is -2.14. The van der Waals surface area contributed by atoms with Crippen molar-refractivity contribution in [3.8, 4) is 5.88 Å². The number of anilines is 2. The number of nitrogens with one attached hydrogen (secondary N) is 1. The summed E-state index contributed by atoms with van der Waals surface area (Å²) in [6.07, 6.45) is 1.84. The number of hydrogen-bond donors (Lipinski definition) is 2. The highest BCUT2D eigenvalue weighted by atomic mass is 16.5. The number of aryl methyl sites for hydroxylation is 1. The van der Waals surface area contributed by atoms with Crippen molar-refractivity contribution in [2.75, 3.05) is 11.1 Å². The Morgan fingerprint density at radius 3 is 2.85 bits per heavy atom. The van der Waals surface area contributed by atoms with Gasteiger partial charge in [0.15, 0.2) is 0 Å². The molecule has 106 valence electrons. The first-order valence-electron chi connectivity index (χ1n) is 6.77. The Labute approximate surface area is 120 Å². The first kappa shape index (κ1) is 14.2. The van der Waals surface area contributed by atoms with Crippen LogP contribution in [0.25, 0.3) is 0 Å². The standard InChI is InChI=1S/C16H21N3O/c1-11(2)20-16-13(5-4-8-18-16)10-19-15-9-12(3)6-7-14(15)17/h4-9,11,19H,10,17H2,1-3H3. The summed E-state index contributed by atoms with van der Waals surface area (Å²) in [5.74, 6) is 0.668. The molecule has 0 atom stereocenters. The van der Waals surface area contributed by atoms with Crippen LogP contribution in [0.3, 0.4) is 0 Å². The number of nitrogens with zero attached hydrogens (tertiary/aromatic N) is 1. The molecule has 0 saturated heterocycles. The lowest BCUT2D eigenvalue weighted by Crippen LogP contribution is -2.11. The molecule has 0 aliphatic carbocycles. The van der Waals surface area contributed by atoms with E-state index in [9.17, 15) is 0 Å². The van der Waals surface area contributed by atoms with Gasteiger partial charge in [-0.1, -0.05) is 12.1 Å². The molecule has 0 saturated carbocycles. The molecular weight excluding hydrogens is 250 g/mol. The van der Waals surface area contributed by atoms with E-state index >= 15 is 0 Å². The van der Waals surface area contributed by atoms with Gasteiger partial charge in [-0.2, -0.15) is 0 Å². The predicted octanol–water partition coefficient (Wildman–Crippen LogP) is 3.37. The van der Waals surface area contributed by atoms with Crippen molar-refractivity contribution in [2.45, 2.75) is 33.4 Å². The van der Waals surface area contributed by atoms with Gasteiger partial charge in [-0.15, -0.1) is 0 Å². The molecule has 0 aliphatic rings. The molecule has 0 spiro atoms. The predicted molar refractivity (Wildman–Crippen MR) is 82.9 cm³/mol. The van der Waals surface area contributed by atoms with Gasteiger partial charge >= 0.3 is 0 Å². The second kappa shape index (κ2) is 6.28. The average molecular weight is 271 g/mol. The van der Waals surface area contributed by atoms with Crippen molar-refractivity contribution in [1.82, 2.24) is 4.98 Å². The number of aromatic nitrogens is 1. The zero-order chi connectivity index (χ0) is 14.5. The molecule has 3 N–H and O–H groups in total. The molecule has 1 aromatic carbocycles. The van der Waals surface area contributed by atoms with Crippen LogP contribution in [0.15, 0.2) is 36.5 Å². The summed E-state index contributed by atoms with van der Waals surface area (Å²) in [6.45, 7) is 6.65. The van der Waals surface area contributed by atoms with Crippen LogP contribution in [-0.2, 0) is 6.54 Å². The highest BCUT2D eigenvalue weighted by Crippen LogP contribution is 2.22. The molecule has 2 aromatic rings. The summed E-state index contributed by atoms with van der Waals surface area (Å²) in [6, 6.07) is 9.85. The minimum Gasteiger partial charge on any atom is -0.475 e. The zero-order valence-corrected chi connectivity index (χ0v) is 12.2. The molecular formula is C16H21N3O. The van der Waals surface area contributed by atoms with Crippen LogP contribution in [0.1, 0.15) is 25.0 Å². The van der Waals surface area contributed by atoms with E-state index in [-0.39, 0.29) is 6.10 Å². The SMILES string of the molecule is Cc1ccc(N)c(NCc2cccnc2OC(C)C)c1. The van der Waals surface area contributed by atoms with E-state index in [0.29, 0.717) is 12.4 Å². The van der Waals surface area contributed by atoms with Crippen molar-refractivity contribution in [3.63, 3.8) is 0 Å². The normalized spacial score (nSPS) is 10.6. The molecule has 0 aliphatic heterocycles. The van der Waals surface area contributed by atoms with E-state index < -0.39 is 0 Å². The fraction of sp³-hybridized carbons (Fsp3) is 0.312. The number of rotatable bonds is 5. The highest BCUT2D eigenvalue weighted by Gasteiger charge is 2.07. The second-order valence-corrected chi connectivity index (χ2v) is 5.08. The first-order valence-corrected chi connectivity index (χ1v) is 6.77. The summed E-state index contributed by atoms with van der Waals surface area (Å²) in [4.78, 5) is 4.28. The third-order valence-electron chi connectivity index (χ3n) is 2.88. The topological polar surface area (TPSA) is 60.2 Å². The summed E-state index contributed by atoms with van der Waals surface area (Å²) >= 11 is 0. The molecule has 4 heteroatoms. The molecule has 2 rings (SSSR count).